The Bertz CT molecular complexity index is 1170. The second-order valence-electron chi connectivity index (χ2n) is 6.78. The van der Waals surface area contributed by atoms with E-state index in [-0.39, 0.29) is 28.9 Å². The molecule has 0 fully saturated rings. The van der Waals surface area contributed by atoms with Crippen LogP contribution < -0.4 is 15.8 Å². The molecular formula is C23H20N4O4. The van der Waals surface area contributed by atoms with Gasteiger partial charge in [0.15, 0.2) is 0 Å². The van der Waals surface area contributed by atoms with Gasteiger partial charge in [0.1, 0.15) is 5.75 Å². The Hall–Kier alpha value is -4.38. The standard InChI is InChI=1S/C23H20N4O4/c1-2-15(14-24)16-5-3-6-17(11-16)23(28)26-19-7-4-8-20(13-19)31-22-10-9-18(25)12-21(22)27(29)30/h3-13,15H,2,25H2,1H3,(H,26,28). The zero-order valence-corrected chi connectivity index (χ0v) is 16.7. The summed E-state index contributed by atoms with van der Waals surface area (Å²) in [6, 6.07) is 19.8. The molecule has 1 unspecified atom stereocenters. The Kier molecular flexibility index (Phi) is 6.48. The van der Waals surface area contributed by atoms with Gasteiger partial charge in [-0.25, -0.2) is 0 Å². The summed E-state index contributed by atoms with van der Waals surface area (Å²) in [5.41, 5.74) is 7.28. The first-order chi connectivity index (χ1) is 14.9. The van der Waals surface area contributed by atoms with Crippen LogP contribution in [0.2, 0.25) is 0 Å². The first-order valence-corrected chi connectivity index (χ1v) is 9.54. The van der Waals surface area contributed by atoms with Crippen LogP contribution in [-0.4, -0.2) is 10.8 Å². The number of nitrogens with two attached hydrogens (primary N) is 1. The second-order valence-corrected chi connectivity index (χ2v) is 6.78. The van der Waals surface area contributed by atoms with E-state index < -0.39 is 4.92 Å². The molecular weight excluding hydrogens is 396 g/mol. The Morgan fingerprint density at radius 2 is 1.97 bits per heavy atom. The summed E-state index contributed by atoms with van der Waals surface area (Å²) in [5, 5.41) is 23.3. The third kappa shape index (κ3) is 5.16. The largest absolute Gasteiger partial charge is 0.450 e. The number of rotatable bonds is 7. The van der Waals surface area contributed by atoms with Crippen LogP contribution in [0.25, 0.3) is 0 Å². The third-order valence-electron chi connectivity index (χ3n) is 4.61. The number of nitrogen functional groups attached to an aromatic ring is 1. The molecule has 0 radical (unpaired) electrons. The highest BCUT2D eigenvalue weighted by Crippen LogP contribution is 2.33. The molecule has 1 atom stereocenters. The third-order valence-corrected chi connectivity index (χ3v) is 4.61. The van der Waals surface area contributed by atoms with Gasteiger partial charge in [0, 0.05) is 29.1 Å². The van der Waals surface area contributed by atoms with Crippen LogP contribution in [-0.2, 0) is 0 Å². The van der Waals surface area contributed by atoms with E-state index in [0.717, 1.165) is 5.56 Å². The first kappa shape index (κ1) is 21.3. The van der Waals surface area contributed by atoms with Crippen LogP contribution in [0, 0.1) is 21.4 Å². The predicted octanol–water partition coefficient (Wildman–Crippen LogP) is 5.24. The number of ether oxygens (including phenoxy) is 1. The summed E-state index contributed by atoms with van der Waals surface area (Å²) < 4.78 is 5.65. The minimum Gasteiger partial charge on any atom is -0.450 e. The van der Waals surface area contributed by atoms with Crippen molar-refractivity contribution in [1.29, 1.82) is 5.26 Å². The van der Waals surface area contributed by atoms with Gasteiger partial charge in [-0.1, -0.05) is 25.1 Å². The van der Waals surface area contributed by atoms with Gasteiger partial charge in [-0.2, -0.15) is 5.26 Å². The molecule has 0 saturated carbocycles. The molecule has 0 bridgehead atoms. The molecule has 3 rings (SSSR count). The molecule has 3 aromatic carbocycles. The van der Waals surface area contributed by atoms with Crippen LogP contribution in [0.3, 0.4) is 0 Å². The molecule has 0 aliphatic carbocycles. The molecule has 8 heteroatoms. The van der Waals surface area contributed by atoms with E-state index in [1.54, 1.807) is 42.5 Å². The smallest absolute Gasteiger partial charge is 0.313 e. The van der Waals surface area contributed by atoms with E-state index in [0.29, 0.717) is 23.4 Å². The number of carbonyl (C=O) groups excluding carboxylic acids is 1. The minimum atomic E-state index is -0.574. The van der Waals surface area contributed by atoms with Crippen LogP contribution >= 0.6 is 0 Å². The number of hydrogen-bond donors (Lipinski definition) is 2. The molecule has 8 nitrogen and oxygen atoms in total. The summed E-state index contributed by atoms with van der Waals surface area (Å²) in [5.74, 6) is -0.266. The van der Waals surface area contributed by atoms with Crippen LogP contribution in [0.4, 0.5) is 17.1 Å². The normalized spacial score (nSPS) is 11.2. The lowest BCUT2D eigenvalue weighted by molar-refractivity contribution is -0.385. The quantitative estimate of drug-likeness (QED) is 0.308. The van der Waals surface area contributed by atoms with Crippen molar-refractivity contribution in [3.8, 4) is 17.6 Å². The van der Waals surface area contributed by atoms with E-state index in [9.17, 15) is 20.2 Å². The average Bonchev–Trinajstić information content (AvgIpc) is 2.76. The number of carbonyl (C=O) groups is 1. The first-order valence-electron chi connectivity index (χ1n) is 9.54. The number of nitrogens with zero attached hydrogens (tertiary/aromatic N) is 2. The van der Waals surface area contributed by atoms with Crippen LogP contribution in [0.1, 0.15) is 35.2 Å². The molecule has 0 saturated heterocycles. The zero-order valence-electron chi connectivity index (χ0n) is 16.7. The topological polar surface area (TPSA) is 131 Å². The van der Waals surface area contributed by atoms with Gasteiger partial charge in [-0.05, 0) is 48.4 Å². The van der Waals surface area contributed by atoms with Gasteiger partial charge in [-0.3, -0.25) is 14.9 Å². The molecule has 31 heavy (non-hydrogen) atoms. The van der Waals surface area contributed by atoms with Gasteiger partial charge < -0.3 is 15.8 Å². The fourth-order valence-electron chi connectivity index (χ4n) is 3.03. The molecule has 1 amide bonds. The number of nitro groups is 1. The van der Waals surface area contributed by atoms with Gasteiger partial charge in [0.2, 0.25) is 5.75 Å². The van der Waals surface area contributed by atoms with Crippen molar-refractivity contribution >= 4 is 23.0 Å². The Morgan fingerprint density at radius 3 is 2.68 bits per heavy atom. The molecule has 3 N–H and O–H groups in total. The number of hydrogen-bond acceptors (Lipinski definition) is 6. The zero-order chi connectivity index (χ0) is 22.4. The number of nitrogens with one attached hydrogen (secondary N) is 1. The van der Waals surface area contributed by atoms with Gasteiger partial charge in [0.05, 0.1) is 16.9 Å². The van der Waals surface area contributed by atoms with Crippen molar-refractivity contribution in [3.63, 3.8) is 0 Å². The minimum absolute atomic E-state index is 0.0393. The predicted molar refractivity (Wildman–Crippen MR) is 117 cm³/mol. The van der Waals surface area contributed by atoms with Crippen molar-refractivity contribution in [2.24, 2.45) is 0 Å². The van der Waals surface area contributed by atoms with Gasteiger partial charge >= 0.3 is 5.69 Å². The highest BCUT2D eigenvalue weighted by Gasteiger charge is 2.17. The Labute approximate surface area is 179 Å². The molecule has 0 aliphatic rings. The molecule has 3 aromatic rings. The maximum Gasteiger partial charge on any atom is 0.313 e. The summed E-state index contributed by atoms with van der Waals surface area (Å²) in [4.78, 5) is 23.3. The highest BCUT2D eigenvalue weighted by atomic mass is 16.6. The van der Waals surface area contributed by atoms with Crippen molar-refractivity contribution < 1.29 is 14.5 Å². The SMILES string of the molecule is CCC(C#N)c1cccc(C(=O)Nc2cccc(Oc3ccc(N)cc3[N+](=O)[O-])c2)c1. The number of amides is 1. The Morgan fingerprint density at radius 1 is 1.19 bits per heavy atom. The summed E-state index contributed by atoms with van der Waals surface area (Å²) >= 11 is 0. The molecule has 0 spiro atoms. The Balaban J connectivity index is 1.79. The fraction of sp³-hybridized carbons (Fsp3) is 0.130. The molecule has 156 valence electrons. The van der Waals surface area contributed by atoms with Gasteiger partial charge in [-0.15, -0.1) is 0 Å². The van der Waals surface area contributed by atoms with Crippen molar-refractivity contribution in [2.75, 3.05) is 11.1 Å². The van der Waals surface area contributed by atoms with Gasteiger partial charge in [0.25, 0.3) is 5.91 Å². The number of nitro benzene ring substituents is 1. The van der Waals surface area contributed by atoms with E-state index in [4.69, 9.17) is 10.5 Å². The number of nitriles is 1. The number of anilines is 2. The highest BCUT2D eigenvalue weighted by molar-refractivity contribution is 6.04. The number of benzene rings is 3. The van der Waals surface area contributed by atoms with Crippen molar-refractivity contribution in [1.82, 2.24) is 0 Å². The van der Waals surface area contributed by atoms with Crippen molar-refractivity contribution in [2.45, 2.75) is 19.3 Å². The van der Waals surface area contributed by atoms with E-state index >= 15 is 0 Å². The summed E-state index contributed by atoms with van der Waals surface area (Å²) in [6.45, 7) is 1.91. The molecule has 0 aromatic heterocycles. The van der Waals surface area contributed by atoms with Crippen molar-refractivity contribution in [3.05, 3.63) is 88.0 Å². The second kappa shape index (κ2) is 9.41. The summed E-state index contributed by atoms with van der Waals surface area (Å²) in [6.07, 6.45) is 0.651. The fourth-order valence-corrected chi connectivity index (χ4v) is 3.03. The van der Waals surface area contributed by atoms with E-state index in [1.165, 1.54) is 18.2 Å². The van der Waals surface area contributed by atoms with E-state index in [1.807, 2.05) is 13.0 Å². The lowest BCUT2D eigenvalue weighted by Crippen LogP contribution is -2.12. The lowest BCUT2D eigenvalue weighted by Gasteiger charge is -2.11. The monoisotopic (exact) mass is 416 g/mol. The van der Waals surface area contributed by atoms with E-state index in [2.05, 4.69) is 11.4 Å². The van der Waals surface area contributed by atoms with Crippen LogP contribution in [0.15, 0.2) is 66.7 Å². The lowest BCUT2D eigenvalue weighted by atomic mass is 9.96. The molecule has 0 heterocycles. The summed E-state index contributed by atoms with van der Waals surface area (Å²) in [7, 11) is 0. The maximum absolute atomic E-state index is 12.7. The van der Waals surface area contributed by atoms with Crippen LogP contribution in [0.5, 0.6) is 11.5 Å². The molecule has 0 aliphatic heterocycles. The average molecular weight is 416 g/mol. The maximum atomic E-state index is 12.7.